The predicted octanol–water partition coefficient (Wildman–Crippen LogP) is 3.68. The first-order chi connectivity index (χ1) is 56.8. The van der Waals surface area contributed by atoms with Crippen molar-refractivity contribution in [2.75, 3.05) is 158 Å². The summed E-state index contributed by atoms with van der Waals surface area (Å²) in [6.45, 7) is 22.1. The summed E-state index contributed by atoms with van der Waals surface area (Å²) >= 11 is 0. The third kappa shape index (κ3) is 27.4. The van der Waals surface area contributed by atoms with Crippen LogP contribution < -0.4 is 57.3 Å². The van der Waals surface area contributed by atoms with E-state index in [-0.39, 0.29) is 159 Å². The van der Waals surface area contributed by atoms with Gasteiger partial charge in [-0.3, -0.25) is 0 Å². The first-order valence-electron chi connectivity index (χ1n) is 42.5. The topological polar surface area (TPSA) is 471 Å². The van der Waals surface area contributed by atoms with Crippen molar-refractivity contribution in [3.05, 3.63) is 120 Å². The van der Waals surface area contributed by atoms with E-state index in [1.54, 1.807) is 12.5 Å². The molecule has 32 nitrogen and oxygen atoms in total. The highest BCUT2D eigenvalue weighted by molar-refractivity contribution is 5.20. The number of nitrogens with two attached hydrogens (primary N) is 10. The Morgan fingerprint density at radius 3 is 0.810 bits per heavy atom. The van der Waals surface area contributed by atoms with Gasteiger partial charge < -0.3 is 161 Å². The minimum Gasteiger partial charge on any atom is -0.467 e. The maximum absolute atomic E-state index is 6.43. The maximum Gasteiger partial charge on any atom is 0.132 e. The first-order valence-corrected chi connectivity index (χ1v) is 42.5. The van der Waals surface area contributed by atoms with Crippen molar-refractivity contribution < 1.29 is 104 Å². The van der Waals surface area contributed by atoms with Crippen molar-refractivity contribution in [3.8, 4) is 0 Å². The molecule has 0 aliphatic carbocycles. The van der Waals surface area contributed by atoms with Gasteiger partial charge in [0.25, 0.3) is 0 Å². The minimum atomic E-state index is -0.218. The molecule has 0 radical (unpaired) electrons. The van der Waals surface area contributed by atoms with Gasteiger partial charge in [-0.1, -0.05) is 74.5 Å². The molecule has 10 aliphatic heterocycles. The summed E-state index contributed by atoms with van der Waals surface area (Å²) in [6.07, 6.45) is 7.87. The molecular formula is C84H140N10O22. The van der Waals surface area contributed by atoms with Gasteiger partial charge in [-0.25, -0.2) is 0 Å². The van der Waals surface area contributed by atoms with Gasteiger partial charge in [0, 0.05) is 13.2 Å². The van der Waals surface area contributed by atoms with Crippen molar-refractivity contribution in [3.63, 3.8) is 0 Å². The zero-order chi connectivity index (χ0) is 82.0. The lowest BCUT2D eigenvalue weighted by atomic mass is 10.0. The lowest BCUT2D eigenvalue weighted by molar-refractivity contribution is -0.0955. The number of ether oxygens (including phenoxy) is 20. The molecule has 10 saturated heterocycles. The second-order valence-corrected chi connectivity index (χ2v) is 31.4. The van der Waals surface area contributed by atoms with Crippen LogP contribution in [0, 0.1) is 11.8 Å². The van der Waals surface area contributed by atoms with Crippen molar-refractivity contribution in [1.82, 2.24) is 0 Å². The van der Waals surface area contributed by atoms with Crippen LogP contribution in [0.3, 0.4) is 0 Å². The summed E-state index contributed by atoms with van der Waals surface area (Å²) in [5.74, 6) is 2.24. The normalized spacial score (nSPS) is 32.0. The van der Waals surface area contributed by atoms with E-state index in [1.165, 1.54) is 0 Å². The summed E-state index contributed by atoms with van der Waals surface area (Å²) in [6, 6.07) is 27.9. The van der Waals surface area contributed by atoms with Gasteiger partial charge in [0.2, 0.25) is 0 Å². The summed E-state index contributed by atoms with van der Waals surface area (Å²) in [7, 11) is 0. The van der Waals surface area contributed by atoms with E-state index in [4.69, 9.17) is 161 Å². The highest BCUT2D eigenvalue weighted by Gasteiger charge is 2.54. The van der Waals surface area contributed by atoms with E-state index in [9.17, 15) is 0 Å². The molecule has 658 valence electrons. The van der Waals surface area contributed by atoms with Gasteiger partial charge in [0.1, 0.15) is 146 Å². The number of fused-ring (bicyclic) bond motifs is 5. The number of hydrogen-bond donors (Lipinski definition) is 10. The van der Waals surface area contributed by atoms with Gasteiger partial charge >= 0.3 is 0 Å². The SMILES string of the molecule is CC(CCN)O[C@H]1COC2C1OC[C@H]2OC(C)CCN.CC(CN)CO[C@H]1COC2C1OC[C@H]2OCC(C)CN.NCCC(O[C@H]1COC2C1OC[C@H]2OC(CCN)c1ccccc1)c1ccccc1.NCCC(O[C@H]1COC2C1OC[C@H]2OC(CCN)c1ccco1)c1ccco1.NCCCO[C@H]1COC2C1OC[C@H]2OCCCN. The van der Waals surface area contributed by atoms with Gasteiger partial charge in [-0.2, -0.15) is 0 Å². The number of benzene rings is 2. The second kappa shape index (κ2) is 51.0. The van der Waals surface area contributed by atoms with Crippen molar-refractivity contribution in [2.45, 2.75) is 238 Å². The number of rotatable bonds is 44. The molecule has 10 aliphatic rings. The average Bonchev–Trinajstić information content (AvgIpc) is 1.61. The summed E-state index contributed by atoms with van der Waals surface area (Å²) in [5, 5.41) is 0. The highest BCUT2D eigenvalue weighted by atomic mass is 16.7. The van der Waals surface area contributed by atoms with Gasteiger partial charge in [-0.05, 0) is 178 Å². The molecule has 0 spiro atoms. The molecule has 2 aromatic heterocycles. The predicted molar refractivity (Wildman–Crippen MR) is 432 cm³/mol. The lowest BCUT2D eigenvalue weighted by Gasteiger charge is -2.25. The standard InChI is InChI=1S/C24H32N2O4.C20H28N2O6.2C14H28N2O4.C12H24N2O4/c25-13-11-19(17-7-3-1-4-8-17)29-21-15-27-24-22(16-28-23(21)24)30-20(12-14-26)18-9-5-2-6-10-18;21-7-5-15(13-3-1-9-23-13)27-17-11-25-20-18(12-26-19(17)20)28-16(6-8-22)14-4-2-10-24-14;1-9(3-15)5-17-11-7-19-14-12(8-20-13(11)14)18-6-10(2)4-16;1-9(3-5-15)19-11-7-17-14-12(8-18-13(11)14)20-10(2)4-6-16;13-3-1-5-15-9-7-17-12-10(8-18-11(9)12)16-6-2-4-14/h1-10,19-24H,11-16,25-26H2;1-4,9-10,15-20H,5-8,11-12,21-22H2;2*9-14H,3-8,15-16H2,1-2H3;9-12H,1-8,13-14H2/t19?,20?,21-,22+,23?,24?;15?,16?,17-,18+,19?,20?;2*9?,10?,11-,12+,13?,14?;9-,10+,11?,12?. The monoisotopic (exact) mass is 1640 g/mol. The van der Waals surface area contributed by atoms with Crippen LogP contribution in [0.2, 0.25) is 0 Å². The second-order valence-electron chi connectivity index (χ2n) is 31.4. The zero-order valence-corrected chi connectivity index (χ0v) is 68.8. The summed E-state index contributed by atoms with van der Waals surface area (Å²) in [4.78, 5) is 0. The Balaban J connectivity index is 0.000000155. The van der Waals surface area contributed by atoms with E-state index in [0.29, 0.717) is 183 Å². The van der Waals surface area contributed by atoms with Crippen LogP contribution in [0.5, 0.6) is 0 Å². The van der Waals surface area contributed by atoms with Crippen LogP contribution in [0.4, 0.5) is 0 Å². The maximum atomic E-state index is 6.43. The van der Waals surface area contributed by atoms with Crippen molar-refractivity contribution in [1.29, 1.82) is 0 Å². The number of hydrogen-bond acceptors (Lipinski definition) is 32. The fourth-order valence-electron chi connectivity index (χ4n) is 15.9. The molecule has 4 aromatic rings. The van der Waals surface area contributed by atoms with Crippen LogP contribution >= 0.6 is 0 Å². The van der Waals surface area contributed by atoms with Gasteiger partial charge in [-0.15, -0.1) is 0 Å². The van der Waals surface area contributed by atoms with E-state index >= 15 is 0 Å². The van der Waals surface area contributed by atoms with E-state index in [0.717, 1.165) is 61.2 Å². The molecule has 18 unspecified atom stereocenters. The molecule has 2 aromatic carbocycles. The van der Waals surface area contributed by atoms with Crippen LogP contribution in [-0.4, -0.2) is 292 Å². The zero-order valence-electron chi connectivity index (χ0n) is 68.8. The Hall–Kier alpha value is -4.20. The third-order valence-corrected chi connectivity index (χ3v) is 22.3. The quantitative estimate of drug-likeness (QED) is 0.0282. The van der Waals surface area contributed by atoms with Crippen LogP contribution in [0.1, 0.15) is 126 Å². The number of furan rings is 2. The fourth-order valence-corrected chi connectivity index (χ4v) is 15.9. The molecule has 0 bridgehead atoms. The average molecular weight is 1640 g/mol. The van der Waals surface area contributed by atoms with Crippen molar-refractivity contribution in [2.24, 2.45) is 69.2 Å². The molecule has 32 heteroatoms. The summed E-state index contributed by atoms with van der Waals surface area (Å²) < 4.78 is 130. The van der Waals surface area contributed by atoms with E-state index < -0.39 is 0 Å². The lowest BCUT2D eigenvalue weighted by Crippen LogP contribution is -2.37. The van der Waals surface area contributed by atoms with Gasteiger partial charge in [0.15, 0.2) is 0 Å². The first kappa shape index (κ1) is 94.1. The summed E-state index contributed by atoms with van der Waals surface area (Å²) in [5.41, 5.74) is 58.6. The van der Waals surface area contributed by atoms with Crippen LogP contribution in [0.25, 0.3) is 0 Å². The molecule has 14 rings (SSSR count). The Kier molecular flexibility index (Phi) is 41.4. The van der Waals surface area contributed by atoms with Crippen LogP contribution in [-0.2, 0) is 94.7 Å². The Labute approximate surface area is 685 Å². The molecule has 10 fully saturated rings. The smallest absolute Gasteiger partial charge is 0.132 e. The molecule has 0 saturated carbocycles. The molecule has 28 atom stereocenters. The molecule has 20 N–H and O–H groups in total. The Morgan fingerprint density at radius 2 is 0.543 bits per heavy atom. The van der Waals surface area contributed by atoms with Crippen molar-refractivity contribution >= 4 is 0 Å². The van der Waals surface area contributed by atoms with Crippen LogP contribution in [0.15, 0.2) is 106 Å². The Bertz CT molecular complexity index is 2980. The molecule has 116 heavy (non-hydrogen) atoms. The minimum absolute atomic E-state index is 0.00506. The van der Waals surface area contributed by atoms with Gasteiger partial charge in [0.05, 0.1) is 116 Å². The Morgan fingerprint density at radius 1 is 0.284 bits per heavy atom. The fraction of sp³-hybridized carbons (Fsp3) is 0.762. The van der Waals surface area contributed by atoms with E-state index in [2.05, 4.69) is 38.1 Å². The molecule has 0 amide bonds. The highest BCUT2D eigenvalue weighted by Crippen LogP contribution is 2.41. The largest absolute Gasteiger partial charge is 0.467 e. The third-order valence-electron chi connectivity index (χ3n) is 22.3. The van der Waals surface area contributed by atoms with E-state index in [1.807, 2.05) is 74.5 Å². The molecule has 12 heterocycles. The molecular weight excluding hydrogens is 1500 g/mol.